The molecule has 0 bridgehead atoms. The number of nitrogens with one attached hydrogen (secondary N) is 1. The van der Waals surface area contributed by atoms with Gasteiger partial charge in [0, 0.05) is 12.3 Å². The molecular weight excluding hydrogens is 278 g/mol. The van der Waals surface area contributed by atoms with Crippen LogP contribution < -0.4 is 5.32 Å². The summed E-state index contributed by atoms with van der Waals surface area (Å²) in [6.07, 6.45) is 2.63. The lowest BCUT2D eigenvalue weighted by atomic mass is 10.2. The van der Waals surface area contributed by atoms with E-state index in [0.717, 1.165) is 25.8 Å². The summed E-state index contributed by atoms with van der Waals surface area (Å²) in [5, 5.41) is 12.0. The number of rotatable bonds is 7. The number of carbonyl (C=O) groups excluding carboxylic acids is 1. The molecular formula is C13H25N3O3S. The average molecular weight is 303 g/mol. The zero-order chi connectivity index (χ0) is 15.1. The third-order valence-electron chi connectivity index (χ3n) is 3.21. The Bertz CT molecular complexity index is 339. The Morgan fingerprint density at radius 3 is 2.70 bits per heavy atom. The molecule has 0 saturated carbocycles. The van der Waals surface area contributed by atoms with Crippen molar-refractivity contribution >= 4 is 23.8 Å². The second kappa shape index (κ2) is 8.36. The van der Waals surface area contributed by atoms with Crippen molar-refractivity contribution in [3.05, 3.63) is 0 Å². The maximum atomic E-state index is 12.2. The lowest BCUT2D eigenvalue weighted by Crippen LogP contribution is -2.50. The second-order valence-electron chi connectivity index (χ2n) is 5.23. The fourth-order valence-electron chi connectivity index (χ4n) is 2.18. The number of nitrogens with zero attached hydrogens (tertiary/aromatic N) is 2. The fraction of sp³-hybridized carbons (Fsp3) is 0.846. The van der Waals surface area contributed by atoms with Gasteiger partial charge in [-0.1, -0.05) is 13.3 Å². The first kappa shape index (κ1) is 17.1. The number of hydrogen-bond donors (Lipinski definition) is 2. The SMILES string of the molecule is CCCC1SCC(C(=O)O)N1C(=O)NCCCN(C)C. The Labute approximate surface area is 124 Å². The monoisotopic (exact) mass is 303 g/mol. The number of thioether (sulfide) groups is 1. The van der Waals surface area contributed by atoms with Gasteiger partial charge in [0.15, 0.2) is 0 Å². The zero-order valence-corrected chi connectivity index (χ0v) is 13.3. The summed E-state index contributed by atoms with van der Waals surface area (Å²) in [4.78, 5) is 27.0. The average Bonchev–Trinajstić information content (AvgIpc) is 2.78. The summed E-state index contributed by atoms with van der Waals surface area (Å²) in [6.45, 7) is 3.51. The van der Waals surface area contributed by atoms with Crippen LogP contribution in [0.3, 0.4) is 0 Å². The van der Waals surface area contributed by atoms with Gasteiger partial charge in [-0.05, 0) is 33.5 Å². The van der Waals surface area contributed by atoms with Crippen molar-refractivity contribution < 1.29 is 14.7 Å². The zero-order valence-electron chi connectivity index (χ0n) is 12.5. The molecule has 1 heterocycles. The van der Waals surface area contributed by atoms with E-state index in [4.69, 9.17) is 0 Å². The molecule has 0 aromatic carbocycles. The molecule has 6 nitrogen and oxygen atoms in total. The topological polar surface area (TPSA) is 72.9 Å². The first-order valence-corrected chi connectivity index (χ1v) is 8.07. The van der Waals surface area contributed by atoms with Crippen molar-refractivity contribution in [2.24, 2.45) is 0 Å². The van der Waals surface area contributed by atoms with Gasteiger partial charge in [-0.15, -0.1) is 11.8 Å². The van der Waals surface area contributed by atoms with Gasteiger partial charge in [0.25, 0.3) is 0 Å². The third-order valence-corrected chi connectivity index (χ3v) is 4.56. The highest BCUT2D eigenvalue weighted by Gasteiger charge is 2.40. The Balaban J connectivity index is 2.53. The van der Waals surface area contributed by atoms with E-state index in [-0.39, 0.29) is 11.4 Å². The standard InChI is InChI=1S/C13H25N3O3S/c1-4-6-11-16(10(9-20-11)12(17)18)13(19)14-7-5-8-15(2)3/h10-11H,4-9H2,1-3H3,(H,14,19)(H,17,18). The van der Waals surface area contributed by atoms with Gasteiger partial charge in [0.05, 0.1) is 5.37 Å². The summed E-state index contributed by atoms with van der Waals surface area (Å²) >= 11 is 1.56. The molecule has 1 fully saturated rings. The predicted octanol–water partition coefficient (Wildman–Crippen LogP) is 1.28. The van der Waals surface area contributed by atoms with Gasteiger partial charge in [-0.25, -0.2) is 9.59 Å². The summed E-state index contributed by atoms with van der Waals surface area (Å²) in [6, 6.07) is -0.954. The van der Waals surface area contributed by atoms with E-state index in [1.165, 1.54) is 4.90 Å². The smallest absolute Gasteiger partial charge is 0.327 e. The first-order valence-electron chi connectivity index (χ1n) is 7.02. The molecule has 2 unspecified atom stereocenters. The van der Waals surface area contributed by atoms with E-state index in [9.17, 15) is 14.7 Å². The first-order chi connectivity index (χ1) is 9.47. The van der Waals surface area contributed by atoms with Crippen molar-refractivity contribution in [3.8, 4) is 0 Å². The van der Waals surface area contributed by atoms with Gasteiger partial charge in [0.1, 0.15) is 6.04 Å². The van der Waals surface area contributed by atoms with E-state index in [1.54, 1.807) is 11.8 Å². The molecule has 2 amide bonds. The van der Waals surface area contributed by atoms with E-state index in [0.29, 0.717) is 12.3 Å². The Kier molecular flexibility index (Phi) is 7.15. The summed E-state index contributed by atoms with van der Waals surface area (Å²) in [5.74, 6) is -0.440. The number of urea groups is 1. The third kappa shape index (κ3) is 4.86. The maximum Gasteiger partial charge on any atom is 0.327 e. The second-order valence-corrected chi connectivity index (χ2v) is 6.44. The Morgan fingerprint density at radius 1 is 1.45 bits per heavy atom. The summed E-state index contributed by atoms with van der Waals surface area (Å²) in [5.41, 5.74) is 0. The van der Waals surface area contributed by atoms with Crippen LogP contribution in [0.5, 0.6) is 0 Å². The van der Waals surface area contributed by atoms with E-state index in [2.05, 4.69) is 10.2 Å². The Morgan fingerprint density at radius 2 is 2.15 bits per heavy atom. The van der Waals surface area contributed by atoms with Crippen molar-refractivity contribution in [1.82, 2.24) is 15.1 Å². The van der Waals surface area contributed by atoms with E-state index in [1.807, 2.05) is 21.0 Å². The minimum absolute atomic E-state index is 0.0186. The predicted molar refractivity (Wildman–Crippen MR) is 81.0 cm³/mol. The number of aliphatic carboxylic acids is 1. The van der Waals surface area contributed by atoms with Crippen molar-refractivity contribution in [3.63, 3.8) is 0 Å². The molecule has 1 rings (SSSR count). The quantitative estimate of drug-likeness (QED) is 0.693. The summed E-state index contributed by atoms with van der Waals surface area (Å²) < 4.78 is 0. The molecule has 20 heavy (non-hydrogen) atoms. The van der Waals surface area contributed by atoms with Crippen LogP contribution in [0.2, 0.25) is 0 Å². The molecule has 116 valence electrons. The van der Waals surface area contributed by atoms with Crippen molar-refractivity contribution in [1.29, 1.82) is 0 Å². The molecule has 0 radical (unpaired) electrons. The van der Waals surface area contributed by atoms with Crippen molar-refractivity contribution in [2.45, 2.75) is 37.6 Å². The molecule has 7 heteroatoms. The fourth-order valence-corrected chi connectivity index (χ4v) is 3.69. The molecule has 1 aliphatic heterocycles. The molecule has 1 aliphatic rings. The van der Waals surface area contributed by atoms with Gasteiger partial charge >= 0.3 is 12.0 Å². The molecule has 0 spiro atoms. The van der Waals surface area contributed by atoms with Gasteiger partial charge in [-0.2, -0.15) is 0 Å². The Hall–Kier alpha value is -0.950. The lowest BCUT2D eigenvalue weighted by Gasteiger charge is -2.27. The molecule has 2 N–H and O–H groups in total. The number of amides is 2. The van der Waals surface area contributed by atoms with Crippen LogP contribution in [0.15, 0.2) is 0 Å². The van der Waals surface area contributed by atoms with Crippen LogP contribution in [-0.2, 0) is 4.79 Å². The van der Waals surface area contributed by atoms with Crippen molar-refractivity contribution in [2.75, 3.05) is 32.9 Å². The lowest BCUT2D eigenvalue weighted by molar-refractivity contribution is -0.141. The van der Waals surface area contributed by atoms with Gasteiger partial charge in [0.2, 0.25) is 0 Å². The molecule has 0 aromatic heterocycles. The van der Waals surface area contributed by atoms with E-state index >= 15 is 0 Å². The largest absolute Gasteiger partial charge is 0.480 e. The van der Waals surface area contributed by atoms with Crippen LogP contribution in [0.25, 0.3) is 0 Å². The van der Waals surface area contributed by atoms with E-state index < -0.39 is 12.0 Å². The molecule has 1 saturated heterocycles. The molecule has 2 atom stereocenters. The maximum absolute atomic E-state index is 12.2. The number of hydrogen-bond acceptors (Lipinski definition) is 4. The van der Waals surface area contributed by atoms with Crippen LogP contribution in [0, 0.1) is 0 Å². The molecule has 0 aliphatic carbocycles. The van der Waals surface area contributed by atoms with Crippen LogP contribution >= 0.6 is 11.8 Å². The molecule has 0 aromatic rings. The van der Waals surface area contributed by atoms with Crippen LogP contribution in [0.1, 0.15) is 26.2 Å². The van der Waals surface area contributed by atoms with Gasteiger partial charge < -0.3 is 15.3 Å². The normalized spacial score (nSPS) is 22.3. The highest BCUT2D eigenvalue weighted by Crippen LogP contribution is 2.32. The number of carboxylic acid groups (broad SMARTS) is 1. The summed E-state index contributed by atoms with van der Waals surface area (Å²) in [7, 11) is 3.97. The minimum Gasteiger partial charge on any atom is -0.480 e. The number of carbonyl (C=O) groups is 2. The minimum atomic E-state index is -0.917. The highest BCUT2D eigenvalue weighted by molar-refractivity contribution is 8.00. The highest BCUT2D eigenvalue weighted by atomic mass is 32.2. The van der Waals surface area contributed by atoms with Crippen LogP contribution in [-0.4, -0.2) is 71.3 Å². The van der Waals surface area contributed by atoms with Gasteiger partial charge in [-0.3, -0.25) is 4.90 Å². The van der Waals surface area contributed by atoms with Crippen LogP contribution in [0.4, 0.5) is 4.79 Å². The number of carboxylic acids is 1.